The van der Waals surface area contributed by atoms with Crippen molar-refractivity contribution >= 4 is 11.4 Å². The largest absolute Gasteiger partial charge is 0.419 e. The van der Waals surface area contributed by atoms with Crippen LogP contribution in [-0.2, 0) is 6.54 Å². The number of hydrogen-bond acceptors (Lipinski definition) is 5. The molecule has 1 aliphatic rings. The van der Waals surface area contributed by atoms with E-state index in [0.717, 1.165) is 35.8 Å². The molecule has 0 radical (unpaired) electrons. The number of aryl methyl sites for hydroxylation is 1. The number of benzene rings is 2. The van der Waals surface area contributed by atoms with Crippen molar-refractivity contribution in [3.8, 4) is 11.5 Å². The second kappa shape index (κ2) is 7.82. The highest BCUT2D eigenvalue weighted by atomic mass is 16.4. The van der Waals surface area contributed by atoms with Crippen molar-refractivity contribution < 1.29 is 4.42 Å². The molecule has 140 valence electrons. The second-order valence-corrected chi connectivity index (χ2v) is 7.39. The minimum atomic E-state index is 0.513. The molecule has 0 spiro atoms. The molecule has 5 heteroatoms. The Morgan fingerprint density at radius 2 is 1.78 bits per heavy atom. The van der Waals surface area contributed by atoms with Gasteiger partial charge in [-0.05, 0) is 61.6 Å². The summed E-state index contributed by atoms with van der Waals surface area (Å²) in [6, 6.07) is 16.6. The molecule has 27 heavy (non-hydrogen) atoms. The van der Waals surface area contributed by atoms with Gasteiger partial charge in [-0.1, -0.05) is 25.1 Å². The molecule has 1 fully saturated rings. The lowest BCUT2D eigenvalue weighted by Gasteiger charge is -2.32. The highest BCUT2D eigenvalue weighted by Crippen LogP contribution is 2.25. The number of nitrogens with one attached hydrogen (secondary N) is 1. The summed E-state index contributed by atoms with van der Waals surface area (Å²) in [5.74, 6) is 2.00. The Labute approximate surface area is 160 Å². The van der Waals surface area contributed by atoms with Gasteiger partial charge in [0.1, 0.15) is 0 Å². The summed E-state index contributed by atoms with van der Waals surface area (Å²) in [4.78, 5) is 2.47. The van der Waals surface area contributed by atoms with Crippen LogP contribution in [0.2, 0.25) is 0 Å². The number of piperidine rings is 1. The second-order valence-electron chi connectivity index (χ2n) is 7.39. The van der Waals surface area contributed by atoms with Crippen molar-refractivity contribution in [3.05, 3.63) is 60.0 Å². The molecule has 2 aromatic carbocycles. The van der Waals surface area contributed by atoms with Crippen molar-refractivity contribution in [3.63, 3.8) is 0 Å². The van der Waals surface area contributed by atoms with Crippen LogP contribution in [0.15, 0.2) is 52.9 Å². The lowest BCUT2D eigenvalue weighted by molar-refractivity contribution is 0.438. The van der Waals surface area contributed by atoms with E-state index in [4.69, 9.17) is 4.42 Å². The van der Waals surface area contributed by atoms with Gasteiger partial charge in [-0.25, -0.2) is 0 Å². The Kier molecular flexibility index (Phi) is 5.10. The van der Waals surface area contributed by atoms with E-state index in [1.807, 2.05) is 31.2 Å². The standard InChI is InChI=1S/C22H26N4O/c1-16-11-13-26(14-12-16)19-9-7-18(8-10-19)23-15-21-24-25-22(27-21)20-6-4-3-5-17(20)2/h3-10,16,23H,11-15H2,1-2H3. The van der Waals surface area contributed by atoms with E-state index >= 15 is 0 Å². The molecular formula is C22H26N4O. The van der Waals surface area contributed by atoms with Crippen LogP contribution >= 0.6 is 0 Å². The van der Waals surface area contributed by atoms with Gasteiger partial charge in [-0.15, -0.1) is 10.2 Å². The summed E-state index contributed by atoms with van der Waals surface area (Å²) in [5.41, 5.74) is 4.46. The van der Waals surface area contributed by atoms with Gasteiger partial charge in [0.2, 0.25) is 11.8 Å². The molecule has 1 N–H and O–H groups in total. The fraction of sp³-hybridized carbons (Fsp3) is 0.364. The van der Waals surface area contributed by atoms with Gasteiger partial charge in [0.05, 0.1) is 6.54 Å². The predicted molar refractivity (Wildman–Crippen MR) is 109 cm³/mol. The first kappa shape index (κ1) is 17.6. The molecule has 1 aromatic heterocycles. The zero-order chi connectivity index (χ0) is 18.6. The van der Waals surface area contributed by atoms with Crippen LogP contribution in [0.4, 0.5) is 11.4 Å². The fourth-order valence-corrected chi connectivity index (χ4v) is 3.48. The summed E-state index contributed by atoms with van der Waals surface area (Å²) >= 11 is 0. The minimum absolute atomic E-state index is 0.513. The van der Waals surface area contributed by atoms with E-state index in [-0.39, 0.29) is 0 Å². The third kappa shape index (κ3) is 4.13. The van der Waals surface area contributed by atoms with Crippen LogP contribution in [0.5, 0.6) is 0 Å². The van der Waals surface area contributed by atoms with Gasteiger partial charge in [0, 0.05) is 30.0 Å². The molecule has 0 saturated carbocycles. The minimum Gasteiger partial charge on any atom is -0.419 e. The van der Waals surface area contributed by atoms with Crippen LogP contribution in [0.3, 0.4) is 0 Å². The topological polar surface area (TPSA) is 54.2 Å². The number of nitrogens with zero attached hydrogens (tertiary/aromatic N) is 3. The zero-order valence-electron chi connectivity index (χ0n) is 16.0. The summed E-state index contributed by atoms with van der Waals surface area (Å²) in [5, 5.41) is 11.7. The van der Waals surface area contributed by atoms with E-state index in [9.17, 15) is 0 Å². The highest BCUT2D eigenvalue weighted by molar-refractivity contribution is 5.58. The summed E-state index contributed by atoms with van der Waals surface area (Å²) < 4.78 is 5.81. The molecular weight excluding hydrogens is 336 g/mol. The molecule has 5 nitrogen and oxygen atoms in total. The van der Waals surface area contributed by atoms with Gasteiger partial charge < -0.3 is 14.6 Å². The Morgan fingerprint density at radius 1 is 1.04 bits per heavy atom. The maximum atomic E-state index is 5.81. The number of anilines is 2. The molecule has 0 unspecified atom stereocenters. The maximum Gasteiger partial charge on any atom is 0.248 e. The third-order valence-corrected chi connectivity index (χ3v) is 5.30. The average Bonchev–Trinajstić information content (AvgIpc) is 3.17. The predicted octanol–water partition coefficient (Wildman–Crippen LogP) is 4.89. The summed E-state index contributed by atoms with van der Waals surface area (Å²) in [6.45, 7) is 7.20. The average molecular weight is 362 g/mol. The molecule has 3 aromatic rings. The molecule has 0 atom stereocenters. The third-order valence-electron chi connectivity index (χ3n) is 5.30. The molecule has 0 amide bonds. The first-order chi connectivity index (χ1) is 13.2. The quantitative estimate of drug-likeness (QED) is 0.700. The molecule has 0 aliphatic carbocycles. The number of rotatable bonds is 5. The van der Waals surface area contributed by atoms with Gasteiger partial charge >= 0.3 is 0 Å². The van der Waals surface area contributed by atoms with Crippen molar-refractivity contribution in [1.82, 2.24) is 10.2 Å². The molecule has 2 heterocycles. The first-order valence-corrected chi connectivity index (χ1v) is 9.66. The maximum absolute atomic E-state index is 5.81. The Morgan fingerprint density at radius 3 is 2.52 bits per heavy atom. The summed E-state index contributed by atoms with van der Waals surface area (Å²) in [7, 11) is 0. The van der Waals surface area contributed by atoms with Crippen LogP contribution in [0.25, 0.3) is 11.5 Å². The smallest absolute Gasteiger partial charge is 0.248 e. The van der Waals surface area contributed by atoms with Crippen molar-refractivity contribution in [2.45, 2.75) is 33.2 Å². The fourth-order valence-electron chi connectivity index (χ4n) is 3.48. The lowest BCUT2D eigenvalue weighted by atomic mass is 9.99. The van der Waals surface area contributed by atoms with Gasteiger partial charge in [0.25, 0.3) is 0 Å². The molecule has 0 bridgehead atoms. The Bertz CT molecular complexity index is 879. The molecule has 4 rings (SSSR count). The van der Waals surface area contributed by atoms with Crippen LogP contribution in [0.1, 0.15) is 31.2 Å². The van der Waals surface area contributed by atoms with Crippen molar-refractivity contribution in [2.24, 2.45) is 5.92 Å². The zero-order valence-corrected chi connectivity index (χ0v) is 16.0. The van der Waals surface area contributed by atoms with Crippen LogP contribution in [-0.4, -0.2) is 23.3 Å². The van der Waals surface area contributed by atoms with Crippen LogP contribution in [0, 0.1) is 12.8 Å². The SMILES string of the molecule is Cc1ccccc1-c1nnc(CNc2ccc(N3CCC(C)CC3)cc2)o1. The Balaban J connectivity index is 1.36. The first-order valence-electron chi connectivity index (χ1n) is 9.66. The van der Waals surface area contributed by atoms with Gasteiger partial charge in [-0.2, -0.15) is 0 Å². The van der Waals surface area contributed by atoms with Gasteiger partial charge in [-0.3, -0.25) is 0 Å². The monoisotopic (exact) mass is 362 g/mol. The van der Waals surface area contributed by atoms with E-state index < -0.39 is 0 Å². The van der Waals surface area contributed by atoms with E-state index in [0.29, 0.717) is 18.3 Å². The lowest BCUT2D eigenvalue weighted by Crippen LogP contribution is -2.32. The van der Waals surface area contributed by atoms with E-state index in [2.05, 4.69) is 51.6 Å². The molecule has 1 saturated heterocycles. The number of hydrogen-bond donors (Lipinski definition) is 1. The van der Waals surface area contributed by atoms with E-state index in [1.165, 1.54) is 18.5 Å². The summed E-state index contributed by atoms with van der Waals surface area (Å²) in [6.07, 6.45) is 2.56. The van der Waals surface area contributed by atoms with Crippen molar-refractivity contribution in [1.29, 1.82) is 0 Å². The normalized spacial score (nSPS) is 15.1. The highest BCUT2D eigenvalue weighted by Gasteiger charge is 2.16. The van der Waals surface area contributed by atoms with E-state index in [1.54, 1.807) is 0 Å². The molecule has 1 aliphatic heterocycles. The van der Waals surface area contributed by atoms with Gasteiger partial charge in [0.15, 0.2) is 0 Å². The number of aromatic nitrogens is 2. The van der Waals surface area contributed by atoms with Crippen molar-refractivity contribution in [2.75, 3.05) is 23.3 Å². The van der Waals surface area contributed by atoms with Crippen LogP contribution < -0.4 is 10.2 Å². The Hall–Kier alpha value is -2.82.